The van der Waals surface area contributed by atoms with E-state index in [-0.39, 0.29) is 25.7 Å². The largest absolute Gasteiger partial charge is 0.472 e. The molecule has 19 heteroatoms. The van der Waals surface area contributed by atoms with Gasteiger partial charge in [0, 0.05) is 25.7 Å². The highest BCUT2D eigenvalue weighted by Gasteiger charge is 2.30. The monoisotopic (exact) mass is 1270 g/mol. The first-order valence-electron chi connectivity index (χ1n) is 35.1. The molecule has 0 rings (SSSR count). The molecule has 0 fully saturated rings. The zero-order chi connectivity index (χ0) is 63.5. The summed E-state index contributed by atoms with van der Waals surface area (Å²) in [6.07, 6.45) is 46.2. The summed E-state index contributed by atoms with van der Waals surface area (Å²) in [6, 6.07) is 0. The highest BCUT2D eigenvalue weighted by atomic mass is 31.2. The Labute approximate surface area is 524 Å². The maximum absolute atomic E-state index is 13.0. The van der Waals surface area contributed by atoms with Gasteiger partial charge in [0.25, 0.3) is 0 Å². The molecule has 0 spiro atoms. The molecule has 0 heterocycles. The second kappa shape index (κ2) is 60.6. The van der Waals surface area contributed by atoms with Crippen molar-refractivity contribution in [1.82, 2.24) is 0 Å². The summed E-state index contributed by atoms with van der Waals surface area (Å²) >= 11 is 0. The van der Waals surface area contributed by atoms with Crippen LogP contribution in [0.5, 0.6) is 0 Å². The fraction of sp³-hybridized carbons (Fsp3) is 0.940. The predicted octanol–water partition coefficient (Wildman–Crippen LogP) is 19.0. The third kappa shape index (κ3) is 60.9. The third-order valence-electron chi connectivity index (χ3n) is 15.5. The number of carbonyl (C=O) groups excluding carboxylic acids is 4. The normalized spacial score (nSPS) is 14.2. The number of esters is 4. The van der Waals surface area contributed by atoms with Gasteiger partial charge in [-0.05, 0) is 31.6 Å². The fourth-order valence-electron chi connectivity index (χ4n) is 10.1. The lowest BCUT2D eigenvalue weighted by Crippen LogP contribution is -2.30. The molecule has 0 aromatic heterocycles. The molecule has 510 valence electrons. The number of hydrogen-bond donors (Lipinski definition) is 3. The summed E-state index contributed by atoms with van der Waals surface area (Å²) in [6.45, 7) is 7.15. The van der Waals surface area contributed by atoms with Crippen LogP contribution >= 0.6 is 15.6 Å². The van der Waals surface area contributed by atoms with Crippen molar-refractivity contribution in [1.29, 1.82) is 0 Å². The molecule has 0 amide bonds. The molecule has 0 saturated carbocycles. The third-order valence-corrected chi connectivity index (χ3v) is 17.4. The van der Waals surface area contributed by atoms with Crippen molar-refractivity contribution in [2.45, 2.75) is 361 Å². The lowest BCUT2D eigenvalue weighted by Gasteiger charge is -2.21. The number of ether oxygens (including phenoxy) is 4. The lowest BCUT2D eigenvalue weighted by atomic mass is 10.0. The van der Waals surface area contributed by atoms with E-state index in [4.69, 9.17) is 37.0 Å². The summed E-state index contributed by atoms with van der Waals surface area (Å²) in [7, 11) is -9.88. The van der Waals surface area contributed by atoms with Crippen molar-refractivity contribution in [3.8, 4) is 0 Å². The van der Waals surface area contributed by atoms with Crippen LogP contribution in [-0.4, -0.2) is 96.7 Å². The summed E-state index contributed by atoms with van der Waals surface area (Å²) in [5.74, 6) is -1.33. The number of carbonyl (C=O) groups is 4. The standard InChI is InChI=1S/C67H130O17P2/c1-6-9-12-15-17-19-20-25-29-33-36-41-46-51-65(70)78-57-63(84-67(72)53-48-43-38-34-30-27-24-22-21-23-26-28-32-35-40-44-49-60(4)5)59-82-86(75,76)80-55-61(68)54-79-85(73,74)81-58-62(56-77-64(69)50-45-39-14-11-8-3)83-66(71)52-47-42-37-31-18-16-13-10-7-2/h60-63,68H,6-59H2,1-5H3,(H,73,74)(H,75,76)/t61-,62+,63+/m0/s1. The van der Waals surface area contributed by atoms with Crippen LogP contribution in [0.4, 0.5) is 0 Å². The zero-order valence-corrected chi connectivity index (χ0v) is 57.2. The van der Waals surface area contributed by atoms with Crippen molar-refractivity contribution < 1.29 is 80.2 Å². The number of rotatable bonds is 67. The Morgan fingerprint density at radius 1 is 0.314 bits per heavy atom. The van der Waals surface area contributed by atoms with E-state index < -0.39 is 97.5 Å². The van der Waals surface area contributed by atoms with Crippen molar-refractivity contribution >= 4 is 39.5 Å². The van der Waals surface area contributed by atoms with Gasteiger partial charge in [-0.3, -0.25) is 37.3 Å². The fourth-order valence-corrected chi connectivity index (χ4v) is 11.7. The van der Waals surface area contributed by atoms with Crippen LogP contribution in [0, 0.1) is 5.92 Å². The Kier molecular flexibility index (Phi) is 59.2. The Balaban J connectivity index is 5.13. The Hall–Kier alpha value is -1.94. The zero-order valence-electron chi connectivity index (χ0n) is 55.4. The molecule has 0 aromatic rings. The maximum atomic E-state index is 13.0. The molecule has 0 aliphatic heterocycles. The number of phosphoric acid groups is 2. The smallest absolute Gasteiger partial charge is 0.462 e. The van der Waals surface area contributed by atoms with Gasteiger partial charge in [0.1, 0.15) is 19.3 Å². The first-order chi connectivity index (χ1) is 41.5. The van der Waals surface area contributed by atoms with E-state index in [0.29, 0.717) is 25.7 Å². The second-order valence-corrected chi connectivity index (χ2v) is 27.6. The first-order valence-corrected chi connectivity index (χ1v) is 38.1. The summed E-state index contributed by atoms with van der Waals surface area (Å²) in [5, 5.41) is 10.5. The quantitative estimate of drug-likeness (QED) is 0.0222. The minimum absolute atomic E-state index is 0.105. The van der Waals surface area contributed by atoms with Gasteiger partial charge in [-0.25, -0.2) is 9.13 Å². The summed E-state index contributed by atoms with van der Waals surface area (Å²) in [5.41, 5.74) is 0. The van der Waals surface area contributed by atoms with E-state index in [2.05, 4.69) is 34.6 Å². The molecule has 0 aliphatic rings. The molecule has 0 aromatic carbocycles. The Bertz CT molecular complexity index is 1670. The highest BCUT2D eigenvalue weighted by Crippen LogP contribution is 2.45. The van der Waals surface area contributed by atoms with Crippen molar-refractivity contribution in [3.63, 3.8) is 0 Å². The minimum atomic E-state index is -4.95. The number of unbranched alkanes of at least 4 members (excludes halogenated alkanes) is 39. The van der Waals surface area contributed by atoms with E-state index >= 15 is 0 Å². The molecule has 86 heavy (non-hydrogen) atoms. The molecule has 2 unspecified atom stereocenters. The molecule has 17 nitrogen and oxygen atoms in total. The predicted molar refractivity (Wildman–Crippen MR) is 345 cm³/mol. The lowest BCUT2D eigenvalue weighted by molar-refractivity contribution is -0.161. The summed E-state index contributed by atoms with van der Waals surface area (Å²) < 4.78 is 67.9. The van der Waals surface area contributed by atoms with Crippen molar-refractivity contribution in [3.05, 3.63) is 0 Å². The molecule has 3 N–H and O–H groups in total. The van der Waals surface area contributed by atoms with Gasteiger partial charge in [0.15, 0.2) is 12.2 Å². The van der Waals surface area contributed by atoms with Gasteiger partial charge in [0.2, 0.25) is 0 Å². The molecule has 0 radical (unpaired) electrons. The van der Waals surface area contributed by atoms with Crippen LogP contribution in [0.2, 0.25) is 0 Å². The molecular weight excluding hydrogens is 1140 g/mol. The molecule has 5 atom stereocenters. The Morgan fingerprint density at radius 2 is 0.535 bits per heavy atom. The number of hydrogen-bond acceptors (Lipinski definition) is 15. The molecular formula is C67H130O17P2. The molecule has 0 saturated heterocycles. The van der Waals surface area contributed by atoms with Crippen LogP contribution in [0.25, 0.3) is 0 Å². The average Bonchev–Trinajstić information content (AvgIpc) is 3.63. The SMILES string of the molecule is CCCCCCCCCCCCCCCC(=O)OC[C@H](COP(=O)(O)OC[C@@H](O)COP(=O)(O)OC[C@@H](COC(=O)CCCCCCC)OC(=O)CCCCCCCCCCC)OC(=O)CCCCCCCCCCCCCCCCCCC(C)C. The van der Waals surface area contributed by atoms with E-state index in [1.54, 1.807) is 0 Å². The van der Waals surface area contributed by atoms with Gasteiger partial charge >= 0.3 is 39.5 Å². The van der Waals surface area contributed by atoms with Gasteiger partial charge in [-0.15, -0.1) is 0 Å². The second-order valence-electron chi connectivity index (χ2n) is 24.7. The van der Waals surface area contributed by atoms with Crippen molar-refractivity contribution in [2.24, 2.45) is 5.92 Å². The van der Waals surface area contributed by atoms with E-state index in [1.807, 2.05) is 0 Å². The van der Waals surface area contributed by atoms with E-state index in [1.165, 1.54) is 161 Å². The maximum Gasteiger partial charge on any atom is 0.472 e. The number of aliphatic hydroxyl groups is 1. The highest BCUT2D eigenvalue weighted by molar-refractivity contribution is 7.47. The number of phosphoric ester groups is 2. The van der Waals surface area contributed by atoms with Crippen molar-refractivity contribution in [2.75, 3.05) is 39.6 Å². The van der Waals surface area contributed by atoms with Crippen LogP contribution in [0.3, 0.4) is 0 Å². The van der Waals surface area contributed by atoms with Gasteiger partial charge in [-0.1, -0.05) is 291 Å². The summed E-state index contributed by atoms with van der Waals surface area (Å²) in [4.78, 5) is 72.0. The van der Waals surface area contributed by atoms with E-state index in [9.17, 15) is 43.2 Å². The molecule has 0 aliphatic carbocycles. The number of aliphatic hydroxyl groups excluding tert-OH is 1. The van der Waals surface area contributed by atoms with Gasteiger partial charge < -0.3 is 33.8 Å². The van der Waals surface area contributed by atoms with Crippen LogP contribution in [0.1, 0.15) is 343 Å². The van der Waals surface area contributed by atoms with Crippen LogP contribution < -0.4 is 0 Å². The minimum Gasteiger partial charge on any atom is -0.462 e. The Morgan fingerprint density at radius 3 is 0.791 bits per heavy atom. The van der Waals surface area contributed by atoms with Crippen LogP contribution in [0.15, 0.2) is 0 Å². The topological polar surface area (TPSA) is 237 Å². The molecule has 0 bridgehead atoms. The van der Waals surface area contributed by atoms with Gasteiger partial charge in [0.05, 0.1) is 26.4 Å². The average molecular weight is 1270 g/mol. The van der Waals surface area contributed by atoms with Crippen LogP contribution in [-0.2, 0) is 65.4 Å². The van der Waals surface area contributed by atoms with E-state index in [0.717, 1.165) is 102 Å². The van der Waals surface area contributed by atoms with Gasteiger partial charge in [-0.2, -0.15) is 0 Å². The first kappa shape index (κ1) is 84.1.